The number of hydrogen-bond acceptors (Lipinski definition) is 5. The predicted molar refractivity (Wildman–Crippen MR) is 127 cm³/mol. The Bertz CT molecular complexity index is 1100. The fourth-order valence-electron chi connectivity index (χ4n) is 5.12. The molecule has 9 heteroatoms. The summed E-state index contributed by atoms with van der Waals surface area (Å²) in [6.45, 7) is -0.402. The van der Waals surface area contributed by atoms with Crippen molar-refractivity contribution in [1.29, 1.82) is 0 Å². The molecule has 2 bridgehead atoms. The van der Waals surface area contributed by atoms with Crippen LogP contribution in [0, 0.1) is 11.2 Å². The standard InChI is InChI=1S/C26H28ClFN2O5/c27-20-7-6-19(13-21(20)28)35-16-23(33)30-25-8-10-26(11-9-25,22(32)14-25)24(34)29-15-18(31)12-17-4-2-1-3-5-17/h1-7,13,22,32H,8-12,14-16H2,(H,29,34)(H,30,33)/t22-,25?,26?/m0/s1. The topological polar surface area (TPSA) is 105 Å². The van der Waals surface area contributed by atoms with Gasteiger partial charge in [0.25, 0.3) is 5.91 Å². The zero-order valence-electron chi connectivity index (χ0n) is 19.2. The third-order valence-electron chi connectivity index (χ3n) is 7.13. The van der Waals surface area contributed by atoms with Gasteiger partial charge in [0.1, 0.15) is 11.6 Å². The molecule has 186 valence electrons. The van der Waals surface area contributed by atoms with Crippen molar-refractivity contribution < 1.29 is 28.6 Å². The van der Waals surface area contributed by atoms with E-state index < -0.39 is 28.8 Å². The molecule has 0 heterocycles. The van der Waals surface area contributed by atoms with Crippen molar-refractivity contribution in [3.8, 4) is 5.75 Å². The minimum Gasteiger partial charge on any atom is -0.484 e. The number of carbonyl (C=O) groups is 3. The fourth-order valence-corrected chi connectivity index (χ4v) is 5.24. The first-order valence-electron chi connectivity index (χ1n) is 11.6. The zero-order valence-corrected chi connectivity index (χ0v) is 19.9. The van der Waals surface area contributed by atoms with E-state index in [0.29, 0.717) is 25.7 Å². The van der Waals surface area contributed by atoms with Crippen molar-refractivity contribution in [3.63, 3.8) is 0 Å². The lowest BCUT2D eigenvalue weighted by atomic mass is 9.55. The molecule has 3 aliphatic carbocycles. The van der Waals surface area contributed by atoms with Gasteiger partial charge in [-0.3, -0.25) is 14.4 Å². The van der Waals surface area contributed by atoms with Gasteiger partial charge in [-0.15, -0.1) is 0 Å². The van der Waals surface area contributed by atoms with Crippen LogP contribution in [0.3, 0.4) is 0 Å². The van der Waals surface area contributed by atoms with Crippen molar-refractivity contribution in [2.24, 2.45) is 5.41 Å². The number of aliphatic hydroxyl groups is 1. The van der Waals surface area contributed by atoms with Gasteiger partial charge in [0.15, 0.2) is 12.4 Å². The zero-order chi connectivity index (χ0) is 25.1. The van der Waals surface area contributed by atoms with Crippen molar-refractivity contribution in [1.82, 2.24) is 10.6 Å². The first-order valence-corrected chi connectivity index (χ1v) is 12.0. The van der Waals surface area contributed by atoms with E-state index in [1.807, 2.05) is 30.3 Å². The largest absolute Gasteiger partial charge is 0.484 e. The van der Waals surface area contributed by atoms with Crippen LogP contribution in [0.5, 0.6) is 5.75 Å². The fraction of sp³-hybridized carbons (Fsp3) is 0.423. The van der Waals surface area contributed by atoms with E-state index in [1.54, 1.807) is 0 Å². The number of nitrogens with one attached hydrogen (secondary N) is 2. The molecule has 0 aliphatic heterocycles. The number of Topliss-reactive ketones (excluding diaryl/α,β-unsaturated/α-hetero) is 1. The normalized spacial score (nSPS) is 25.1. The highest BCUT2D eigenvalue weighted by Gasteiger charge is 2.58. The Morgan fingerprint density at radius 3 is 2.46 bits per heavy atom. The first-order chi connectivity index (χ1) is 16.7. The number of ether oxygens (including phenoxy) is 1. The Balaban J connectivity index is 1.28. The van der Waals surface area contributed by atoms with Crippen LogP contribution in [0.2, 0.25) is 5.02 Å². The van der Waals surface area contributed by atoms with E-state index >= 15 is 0 Å². The number of aliphatic hydroxyl groups excluding tert-OH is 1. The molecule has 2 aromatic rings. The third kappa shape index (κ3) is 5.65. The summed E-state index contributed by atoms with van der Waals surface area (Å²) in [7, 11) is 0. The summed E-state index contributed by atoms with van der Waals surface area (Å²) >= 11 is 5.65. The van der Waals surface area contributed by atoms with E-state index in [-0.39, 0.29) is 48.5 Å². The molecule has 35 heavy (non-hydrogen) atoms. The molecule has 2 aromatic carbocycles. The van der Waals surface area contributed by atoms with Gasteiger partial charge in [-0.2, -0.15) is 0 Å². The summed E-state index contributed by atoms with van der Waals surface area (Å²) < 4.78 is 18.9. The summed E-state index contributed by atoms with van der Waals surface area (Å²) in [5, 5.41) is 16.5. The van der Waals surface area contributed by atoms with E-state index in [9.17, 15) is 23.9 Å². The smallest absolute Gasteiger partial charge is 0.258 e. The number of fused-ring (bicyclic) bond motifs is 3. The van der Waals surface area contributed by atoms with Crippen molar-refractivity contribution in [2.45, 2.75) is 50.2 Å². The number of benzene rings is 2. The number of hydrogen-bond donors (Lipinski definition) is 3. The van der Waals surface area contributed by atoms with Crippen LogP contribution >= 0.6 is 11.6 Å². The highest BCUT2D eigenvalue weighted by molar-refractivity contribution is 6.30. The van der Waals surface area contributed by atoms with Gasteiger partial charge in [0.05, 0.1) is 23.1 Å². The van der Waals surface area contributed by atoms with E-state index in [1.165, 1.54) is 12.1 Å². The lowest BCUT2D eigenvalue weighted by Gasteiger charge is -2.55. The minimum absolute atomic E-state index is 0.0350. The number of ketones is 1. The van der Waals surface area contributed by atoms with E-state index in [2.05, 4.69) is 10.6 Å². The molecule has 2 amide bonds. The molecule has 0 saturated heterocycles. The van der Waals surface area contributed by atoms with E-state index in [0.717, 1.165) is 11.6 Å². The average Bonchev–Trinajstić information content (AvgIpc) is 2.84. The maximum atomic E-state index is 13.5. The minimum atomic E-state index is -0.961. The van der Waals surface area contributed by atoms with Crippen LogP contribution in [0.15, 0.2) is 48.5 Å². The van der Waals surface area contributed by atoms with Crippen LogP contribution in [-0.2, 0) is 20.8 Å². The van der Waals surface area contributed by atoms with Crippen LogP contribution in [0.4, 0.5) is 4.39 Å². The van der Waals surface area contributed by atoms with Gasteiger partial charge in [-0.1, -0.05) is 41.9 Å². The molecular formula is C26H28ClFN2O5. The van der Waals surface area contributed by atoms with Gasteiger partial charge in [0.2, 0.25) is 5.91 Å². The maximum Gasteiger partial charge on any atom is 0.258 e. The second kappa shape index (κ2) is 10.3. The van der Waals surface area contributed by atoms with Gasteiger partial charge >= 0.3 is 0 Å². The summed E-state index contributed by atoms with van der Waals surface area (Å²) in [4.78, 5) is 37.8. The van der Waals surface area contributed by atoms with E-state index in [4.69, 9.17) is 16.3 Å². The maximum absolute atomic E-state index is 13.5. The van der Waals surface area contributed by atoms with Crippen LogP contribution in [0.25, 0.3) is 0 Å². The van der Waals surface area contributed by atoms with Gasteiger partial charge in [0, 0.05) is 18.0 Å². The van der Waals surface area contributed by atoms with Gasteiger partial charge < -0.3 is 20.5 Å². The predicted octanol–water partition coefficient (Wildman–Crippen LogP) is 2.97. The van der Waals surface area contributed by atoms with Crippen molar-refractivity contribution >= 4 is 29.2 Å². The molecule has 0 spiro atoms. The molecule has 5 rings (SSSR count). The summed E-state index contributed by atoms with van der Waals surface area (Å²) in [6.07, 6.45) is 1.37. The Morgan fingerprint density at radius 1 is 1.09 bits per heavy atom. The SMILES string of the molecule is O=C(CNC(=O)C12CCC(NC(=O)COc3ccc(Cl)c(F)c3)(CC1)C[C@@H]2O)Cc1ccccc1. The summed E-state index contributed by atoms with van der Waals surface area (Å²) in [5.41, 5.74) is -0.710. The molecule has 3 N–H and O–H groups in total. The summed E-state index contributed by atoms with van der Waals surface area (Å²) in [6, 6.07) is 13.2. The molecule has 7 nitrogen and oxygen atoms in total. The lowest BCUT2D eigenvalue weighted by Crippen LogP contribution is -2.66. The number of amides is 2. The summed E-state index contributed by atoms with van der Waals surface area (Å²) in [5.74, 6) is -1.27. The Morgan fingerprint density at radius 2 is 1.80 bits per heavy atom. The van der Waals surface area contributed by atoms with Crippen LogP contribution in [-0.4, -0.2) is 47.5 Å². The third-order valence-corrected chi connectivity index (χ3v) is 7.44. The monoisotopic (exact) mass is 502 g/mol. The molecular weight excluding hydrogens is 475 g/mol. The molecule has 3 aliphatic rings. The molecule has 3 saturated carbocycles. The quantitative estimate of drug-likeness (QED) is 0.489. The second-order valence-corrected chi connectivity index (χ2v) is 9.86. The molecule has 3 fully saturated rings. The van der Waals surface area contributed by atoms with Crippen molar-refractivity contribution in [2.75, 3.05) is 13.2 Å². The van der Waals surface area contributed by atoms with Crippen molar-refractivity contribution in [3.05, 3.63) is 64.9 Å². The highest BCUT2D eigenvalue weighted by Crippen LogP contribution is 2.52. The van der Waals surface area contributed by atoms with Crippen LogP contribution in [0.1, 0.15) is 37.7 Å². The van der Waals surface area contributed by atoms with Crippen LogP contribution < -0.4 is 15.4 Å². The Labute approximate surface area is 208 Å². The molecule has 0 radical (unpaired) electrons. The lowest BCUT2D eigenvalue weighted by molar-refractivity contribution is -0.156. The van der Waals surface area contributed by atoms with Gasteiger partial charge in [-0.05, 0) is 49.8 Å². The molecule has 0 aromatic heterocycles. The number of carbonyl (C=O) groups excluding carboxylic acids is 3. The second-order valence-electron chi connectivity index (χ2n) is 9.45. The number of rotatable bonds is 9. The van der Waals surface area contributed by atoms with Gasteiger partial charge in [-0.25, -0.2) is 4.39 Å². The first kappa shape index (κ1) is 25.1. The highest BCUT2D eigenvalue weighted by atomic mass is 35.5. The number of halogens is 2. The Hall–Kier alpha value is -2.97. The average molecular weight is 503 g/mol. The molecule has 1 atom stereocenters. The Kier molecular flexibility index (Phi) is 7.42. The molecule has 0 unspecified atom stereocenters.